The molecule has 0 radical (unpaired) electrons. The lowest BCUT2D eigenvalue weighted by Crippen LogP contribution is -2.44. The van der Waals surface area contributed by atoms with E-state index >= 15 is 0 Å². The second kappa shape index (κ2) is 8.65. The molecule has 168 valence electrons. The van der Waals surface area contributed by atoms with Gasteiger partial charge >= 0.3 is 0 Å². The van der Waals surface area contributed by atoms with E-state index in [9.17, 15) is 0 Å². The molecule has 0 amide bonds. The molecule has 0 N–H and O–H groups in total. The molecule has 2 aliphatic carbocycles. The minimum atomic E-state index is -1.90. The number of rotatable bonds is 3. The fraction of sp³-hybridized carbons (Fsp3) is 0.556. The third kappa shape index (κ3) is 4.46. The van der Waals surface area contributed by atoms with Crippen molar-refractivity contribution in [3.63, 3.8) is 0 Å². The molecule has 2 aliphatic rings. The molecule has 1 unspecified atom stereocenters. The van der Waals surface area contributed by atoms with Crippen LogP contribution in [0.4, 0.5) is 0 Å². The summed E-state index contributed by atoms with van der Waals surface area (Å²) in [6.45, 7) is 13.9. The van der Waals surface area contributed by atoms with Crippen molar-refractivity contribution < 1.29 is 4.43 Å². The predicted octanol–water partition coefficient (Wildman–Crippen LogP) is 9.25. The van der Waals surface area contributed by atoms with Crippen molar-refractivity contribution in [2.24, 2.45) is 0 Å². The van der Waals surface area contributed by atoms with Crippen LogP contribution in [0.15, 0.2) is 27.1 Å². The van der Waals surface area contributed by atoms with E-state index in [1.54, 1.807) is 16.7 Å². The average molecular weight is 564 g/mol. The van der Waals surface area contributed by atoms with Crippen molar-refractivity contribution in [2.75, 3.05) is 0 Å². The highest BCUT2D eigenvalue weighted by Gasteiger charge is 2.40. The van der Waals surface area contributed by atoms with Crippen molar-refractivity contribution in [3.05, 3.63) is 60.5 Å². The Kier molecular flexibility index (Phi) is 6.57. The van der Waals surface area contributed by atoms with Gasteiger partial charge < -0.3 is 4.43 Å². The SMILES string of the molecule is Cc1c(Br)cc2c(c1C1CCCc3cc(Br)c(O[Si](C)(C)C(C)(C)C)cc31)CCCC2. The van der Waals surface area contributed by atoms with Crippen molar-refractivity contribution in [3.8, 4) is 5.75 Å². The van der Waals surface area contributed by atoms with E-state index in [1.807, 2.05) is 0 Å². The fourth-order valence-electron chi connectivity index (χ4n) is 5.09. The Hall–Kier alpha value is -0.583. The van der Waals surface area contributed by atoms with Crippen LogP contribution in [-0.2, 0) is 19.3 Å². The predicted molar refractivity (Wildman–Crippen MR) is 142 cm³/mol. The first-order valence-corrected chi connectivity index (χ1v) is 16.3. The zero-order valence-electron chi connectivity index (χ0n) is 19.9. The molecule has 0 aromatic heterocycles. The molecule has 0 aliphatic heterocycles. The van der Waals surface area contributed by atoms with E-state index < -0.39 is 8.32 Å². The number of halogens is 2. The average Bonchev–Trinajstić information content (AvgIpc) is 2.68. The molecular weight excluding hydrogens is 528 g/mol. The van der Waals surface area contributed by atoms with Crippen LogP contribution in [-0.4, -0.2) is 8.32 Å². The van der Waals surface area contributed by atoms with E-state index in [4.69, 9.17) is 4.43 Å². The summed E-state index contributed by atoms with van der Waals surface area (Å²) in [6, 6.07) is 7.13. The monoisotopic (exact) mass is 562 g/mol. The summed E-state index contributed by atoms with van der Waals surface area (Å²) in [5.74, 6) is 1.52. The van der Waals surface area contributed by atoms with Crippen molar-refractivity contribution in [2.45, 2.75) is 96.7 Å². The van der Waals surface area contributed by atoms with Gasteiger partial charge in [0.25, 0.3) is 8.32 Å². The summed E-state index contributed by atoms with van der Waals surface area (Å²) >= 11 is 7.74. The number of aryl methyl sites for hydroxylation is 2. The first-order valence-electron chi connectivity index (χ1n) is 11.8. The van der Waals surface area contributed by atoms with Gasteiger partial charge in [-0.15, -0.1) is 0 Å². The summed E-state index contributed by atoms with van der Waals surface area (Å²) in [4.78, 5) is 0. The van der Waals surface area contributed by atoms with Crippen molar-refractivity contribution >= 4 is 40.2 Å². The highest BCUT2D eigenvalue weighted by atomic mass is 79.9. The van der Waals surface area contributed by atoms with Crippen LogP contribution >= 0.6 is 31.9 Å². The summed E-state index contributed by atoms with van der Waals surface area (Å²) in [6.07, 6.45) is 8.75. The number of hydrogen-bond acceptors (Lipinski definition) is 1. The van der Waals surface area contributed by atoms with Crippen LogP contribution in [0.5, 0.6) is 5.75 Å². The maximum absolute atomic E-state index is 6.80. The standard InChI is InChI=1S/C27H36Br2OSi/c1-17-23(28)14-18-10-7-8-12-20(18)26(17)21-13-9-11-19-15-24(29)25(16-22(19)21)30-31(5,6)27(2,3)4/h14-16,21H,7-13H2,1-6H3. The molecule has 4 rings (SSSR count). The Labute approximate surface area is 206 Å². The molecule has 2 aromatic rings. The zero-order chi connectivity index (χ0) is 22.6. The molecule has 1 atom stereocenters. The number of hydrogen-bond donors (Lipinski definition) is 0. The maximum atomic E-state index is 6.80. The largest absolute Gasteiger partial charge is 0.543 e. The molecule has 1 nitrogen and oxygen atoms in total. The zero-order valence-corrected chi connectivity index (χ0v) is 24.1. The normalized spacial score (nSPS) is 19.0. The second-order valence-electron chi connectivity index (χ2n) is 11.0. The fourth-order valence-corrected chi connectivity index (χ4v) is 7.23. The Balaban J connectivity index is 1.83. The Morgan fingerprint density at radius 3 is 2.26 bits per heavy atom. The van der Waals surface area contributed by atoms with Crippen LogP contribution in [0.3, 0.4) is 0 Å². The topological polar surface area (TPSA) is 9.23 Å². The Morgan fingerprint density at radius 1 is 0.903 bits per heavy atom. The van der Waals surface area contributed by atoms with Gasteiger partial charge in [-0.25, -0.2) is 0 Å². The third-order valence-corrected chi connectivity index (χ3v) is 13.7. The molecule has 0 spiro atoms. The smallest absolute Gasteiger partial charge is 0.250 e. The summed E-state index contributed by atoms with van der Waals surface area (Å²) in [7, 11) is -1.90. The van der Waals surface area contributed by atoms with Gasteiger partial charge in [-0.3, -0.25) is 0 Å². The van der Waals surface area contributed by atoms with Gasteiger partial charge in [0.05, 0.1) is 4.47 Å². The molecule has 0 heterocycles. The van der Waals surface area contributed by atoms with Crippen molar-refractivity contribution in [1.82, 2.24) is 0 Å². The molecule has 0 bridgehead atoms. The van der Waals surface area contributed by atoms with Gasteiger partial charge in [0.1, 0.15) is 5.75 Å². The molecular formula is C27H36Br2OSi. The van der Waals surface area contributed by atoms with E-state index in [1.165, 1.54) is 66.1 Å². The van der Waals surface area contributed by atoms with Gasteiger partial charge in [-0.05, 0) is 138 Å². The van der Waals surface area contributed by atoms with Crippen LogP contribution in [0.25, 0.3) is 0 Å². The summed E-state index contributed by atoms with van der Waals surface area (Å²) in [5, 5.41) is 0.182. The van der Waals surface area contributed by atoms with E-state index in [0.717, 1.165) is 10.2 Å². The van der Waals surface area contributed by atoms with Crippen LogP contribution in [0.1, 0.15) is 85.8 Å². The second-order valence-corrected chi connectivity index (χ2v) is 17.5. The van der Waals surface area contributed by atoms with E-state index in [0.29, 0.717) is 5.92 Å². The Bertz CT molecular complexity index is 1000. The number of fused-ring (bicyclic) bond motifs is 2. The maximum Gasteiger partial charge on any atom is 0.250 e. The Morgan fingerprint density at radius 2 is 1.55 bits per heavy atom. The van der Waals surface area contributed by atoms with Crippen LogP contribution < -0.4 is 4.43 Å². The third-order valence-electron chi connectivity index (χ3n) is 7.93. The lowest BCUT2D eigenvalue weighted by molar-refractivity contribution is 0.487. The van der Waals surface area contributed by atoms with Gasteiger partial charge in [-0.1, -0.05) is 36.7 Å². The highest BCUT2D eigenvalue weighted by Crippen LogP contribution is 2.47. The van der Waals surface area contributed by atoms with Gasteiger partial charge in [0.15, 0.2) is 0 Å². The minimum absolute atomic E-state index is 0.182. The van der Waals surface area contributed by atoms with Crippen molar-refractivity contribution in [1.29, 1.82) is 0 Å². The van der Waals surface area contributed by atoms with Crippen LogP contribution in [0.2, 0.25) is 18.1 Å². The molecule has 4 heteroatoms. The molecule has 31 heavy (non-hydrogen) atoms. The van der Waals surface area contributed by atoms with Crippen LogP contribution in [0, 0.1) is 6.92 Å². The van der Waals surface area contributed by atoms with Gasteiger partial charge in [-0.2, -0.15) is 0 Å². The van der Waals surface area contributed by atoms with E-state index in [2.05, 4.69) is 90.8 Å². The quantitative estimate of drug-likeness (QED) is 0.338. The summed E-state index contributed by atoms with van der Waals surface area (Å²) in [5.41, 5.74) is 9.24. The first kappa shape index (κ1) is 23.6. The molecule has 2 aromatic carbocycles. The highest BCUT2D eigenvalue weighted by molar-refractivity contribution is 9.10. The molecule has 0 fully saturated rings. The van der Waals surface area contributed by atoms with E-state index in [-0.39, 0.29) is 5.04 Å². The van der Waals surface area contributed by atoms with Gasteiger partial charge in [0.2, 0.25) is 0 Å². The summed E-state index contributed by atoms with van der Waals surface area (Å²) < 4.78 is 9.19. The number of benzene rings is 2. The minimum Gasteiger partial charge on any atom is -0.543 e. The lowest BCUT2D eigenvalue weighted by atomic mass is 9.73. The lowest BCUT2D eigenvalue weighted by Gasteiger charge is -2.38. The first-order chi connectivity index (χ1) is 14.5. The molecule has 0 saturated heterocycles. The van der Waals surface area contributed by atoms with Gasteiger partial charge in [0, 0.05) is 10.4 Å². The molecule has 0 saturated carbocycles.